The Balaban J connectivity index is 1.72. The largest absolute Gasteiger partial charge is 0.443 e. The Morgan fingerprint density at radius 3 is 2.58 bits per heavy atom. The van der Waals surface area contributed by atoms with Gasteiger partial charge in [-0.1, -0.05) is 27.2 Å². The number of aliphatic imine (C=N–C) groups is 1. The van der Waals surface area contributed by atoms with Crippen molar-refractivity contribution in [3.63, 3.8) is 0 Å². The molecule has 0 saturated heterocycles. The maximum absolute atomic E-state index is 11.8. The van der Waals surface area contributed by atoms with Gasteiger partial charge < -0.3 is 20.4 Å². The van der Waals surface area contributed by atoms with Gasteiger partial charge in [0.1, 0.15) is 12.3 Å². The van der Waals surface area contributed by atoms with E-state index in [4.69, 9.17) is 4.42 Å². The number of carbonyl (C=O) groups is 1. The lowest BCUT2D eigenvalue weighted by molar-refractivity contribution is -0.127. The molecule has 0 aromatic carbocycles. The van der Waals surface area contributed by atoms with Crippen LogP contribution in [0.4, 0.5) is 0 Å². The van der Waals surface area contributed by atoms with Crippen LogP contribution < -0.4 is 16.0 Å². The summed E-state index contributed by atoms with van der Waals surface area (Å²) in [5, 5.41) is 9.49. The van der Waals surface area contributed by atoms with Crippen molar-refractivity contribution in [3.8, 4) is 0 Å². The number of hydrogen-bond acceptors (Lipinski definition) is 4. The predicted octanol–water partition coefficient (Wildman–Crippen LogP) is 2.33. The normalized spacial score (nSPS) is 15.5. The fraction of sp³-hybridized carbons (Fsp3) is 0.737. The number of amides is 1. The van der Waals surface area contributed by atoms with E-state index >= 15 is 0 Å². The topological polar surface area (TPSA) is 91.6 Å². The Hall–Kier alpha value is -2.05. The summed E-state index contributed by atoms with van der Waals surface area (Å²) in [6.45, 7) is 10.9. The molecule has 3 N–H and O–H groups in total. The minimum absolute atomic E-state index is 0.0539. The standard InChI is InChI=1S/C19H33N5O2/c1-5-20-18(22-11-7-10-21-17(25)14-8-6-9-14)24-13-16-23-12-15(26-16)19(2,3)4/h12,14H,5-11,13H2,1-4H3,(H,21,25)(H2,20,22,24). The van der Waals surface area contributed by atoms with E-state index in [0.717, 1.165) is 44.1 Å². The molecule has 1 fully saturated rings. The lowest BCUT2D eigenvalue weighted by atomic mass is 9.85. The molecule has 0 spiro atoms. The van der Waals surface area contributed by atoms with E-state index in [0.29, 0.717) is 19.0 Å². The van der Waals surface area contributed by atoms with Crippen molar-refractivity contribution in [2.75, 3.05) is 19.6 Å². The highest BCUT2D eigenvalue weighted by Gasteiger charge is 2.24. The number of rotatable bonds is 8. The minimum Gasteiger partial charge on any atom is -0.443 e. The molecule has 1 amide bonds. The third-order valence-corrected chi connectivity index (χ3v) is 4.43. The van der Waals surface area contributed by atoms with Crippen LogP contribution in [-0.4, -0.2) is 36.5 Å². The van der Waals surface area contributed by atoms with E-state index in [9.17, 15) is 4.79 Å². The van der Waals surface area contributed by atoms with Gasteiger partial charge in [0.2, 0.25) is 11.8 Å². The lowest BCUT2D eigenvalue weighted by Crippen LogP contribution is -2.39. The number of nitrogens with zero attached hydrogens (tertiary/aromatic N) is 2. The third kappa shape index (κ3) is 6.35. The van der Waals surface area contributed by atoms with Crippen LogP contribution in [0, 0.1) is 5.92 Å². The molecule has 0 unspecified atom stereocenters. The molecule has 1 aromatic heterocycles. The molecular weight excluding hydrogens is 330 g/mol. The summed E-state index contributed by atoms with van der Waals surface area (Å²) >= 11 is 0. The van der Waals surface area contributed by atoms with Gasteiger partial charge in [-0.05, 0) is 26.2 Å². The Morgan fingerprint density at radius 2 is 2.00 bits per heavy atom. The summed E-state index contributed by atoms with van der Waals surface area (Å²) in [7, 11) is 0. The molecule has 1 heterocycles. The first-order chi connectivity index (χ1) is 12.4. The monoisotopic (exact) mass is 363 g/mol. The van der Waals surface area contributed by atoms with Gasteiger partial charge in [0, 0.05) is 31.0 Å². The van der Waals surface area contributed by atoms with Gasteiger partial charge in [-0.15, -0.1) is 0 Å². The van der Waals surface area contributed by atoms with E-state index in [-0.39, 0.29) is 17.2 Å². The van der Waals surface area contributed by atoms with Crippen LogP contribution in [0.1, 0.15) is 65.0 Å². The maximum atomic E-state index is 11.8. The smallest absolute Gasteiger partial charge is 0.223 e. The second-order valence-electron chi connectivity index (χ2n) is 7.76. The van der Waals surface area contributed by atoms with Crippen LogP contribution in [0.25, 0.3) is 0 Å². The number of nitrogens with one attached hydrogen (secondary N) is 3. The van der Waals surface area contributed by atoms with Crippen molar-refractivity contribution < 1.29 is 9.21 Å². The second kappa shape index (κ2) is 9.59. The summed E-state index contributed by atoms with van der Waals surface area (Å²) in [5.41, 5.74) is -0.0539. The molecule has 0 radical (unpaired) electrons. The molecule has 1 aliphatic rings. The quantitative estimate of drug-likeness (QED) is 0.375. The van der Waals surface area contributed by atoms with Crippen molar-refractivity contribution in [2.24, 2.45) is 10.9 Å². The van der Waals surface area contributed by atoms with Crippen LogP contribution in [0.5, 0.6) is 0 Å². The van der Waals surface area contributed by atoms with Gasteiger partial charge in [0.25, 0.3) is 0 Å². The average Bonchev–Trinajstić information content (AvgIpc) is 2.99. The van der Waals surface area contributed by atoms with Crippen molar-refractivity contribution in [1.29, 1.82) is 0 Å². The summed E-state index contributed by atoms with van der Waals surface area (Å²) in [6, 6.07) is 0. The highest BCUT2D eigenvalue weighted by molar-refractivity contribution is 5.80. The lowest BCUT2D eigenvalue weighted by Gasteiger charge is -2.24. The van der Waals surface area contributed by atoms with Crippen molar-refractivity contribution in [2.45, 2.75) is 65.3 Å². The van der Waals surface area contributed by atoms with Gasteiger partial charge in [0.05, 0.1) is 6.20 Å². The van der Waals surface area contributed by atoms with Gasteiger partial charge in [-0.25, -0.2) is 9.98 Å². The number of aromatic nitrogens is 1. The molecule has 0 bridgehead atoms. The molecule has 26 heavy (non-hydrogen) atoms. The molecule has 7 nitrogen and oxygen atoms in total. The molecule has 1 aromatic rings. The highest BCUT2D eigenvalue weighted by atomic mass is 16.4. The zero-order valence-electron chi connectivity index (χ0n) is 16.5. The number of guanidine groups is 1. The summed E-state index contributed by atoms with van der Waals surface area (Å²) in [4.78, 5) is 20.6. The summed E-state index contributed by atoms with van der Waals surface area (Å²) in [6.07, 6.45) is 5.90. The predicted molar refractivity (Wildman–Crippen MR) is 103 cm³/mol. The van der Waals surface area contributed by atoms with Crippen molar-refractivity contribution >= 4 is 11.9 Å². The van der Waals surface area contributed by atoms with E-state index in [1.54, 1.807) is 6.20 Å². The molecule has 0 atom stereocenters. The Bertz CT molecular complexity index is 599. The number of carbonyl (C=O) groups excluding carboxylic acids is 1. The molecule has 2 rings (SSSR count). The Labute approximate surface area is 156 Å². The van der Waals surface area contributed by atoms with Crippen molar-refractivity contribution in [3.05, 3.63) is 17.8 Å². The molecule has 7 heteroatoms. The van der Waals surface area contributed by atoms with Crippen molar-refractivity contribution in [1.82, 2.24) is 20.9 Å². The van der Waals surface area contributed by atoms with Crippen LogP contribution >= 0.6 is 0 Å². The second-order valence-corrected chi connectivity index (χ2v) is 7.76. The maximum Gasteiger partial charge on any atom is 0.223 e. The Kier molecular flexibility index (Phi) is 7.48. The average molecular weight is 364 g/mol. The Morgan fingerprint density at radius 1 is 1.27 bits per heavy atom. The zero-order chi connectivity index (χ0) is 19.0. The van der Waals surface area contributed by atoms with Gasteiger partial charge in [-0.3, -0.25) is 4.79 Å². The summed E-state index contributed by atoms with van der Waals surface area (Å²) in [5.74, 6) is 2.66. The minimum atomic E-state index is -0.0539. The molecule has 1 aliphatic carbocycles. The first-order valence-electron chi connectivity index (χ1n) is 9.65. The van der Waals surface area contributed by atoms with E-state index < -0.39 is 0 Å². The molecule has 1 saturated carbocycles. The molecule has 146 valence electrons. The molecule has 0 aliphatic heterocycles. The zero-order valence-corrected chi connectivity index (χ0v) is 16.5. The fourth-order valence-corrected chi connectivity index (χ4v) is 2.54. The molecular formula is C19H33N5O2. The SMILES string of the molecule is CCNC(=NCc1ncc(C(C)(C)C)o1)NCCCNC(=O)C1CCC1. The van der Waals surface area contributed by atoms with Crippen LogP contribution in [0.3, 0.4) is 0 Å². The highest BCUT2D eigenvalue weighted by Crippen LogP contribution is 2.26. The first-order valence-corrected chi connectivity index (χ1v) is 9.65. The number of hydrogen-bond donors (Lipinski definition) is 3. The fourth-order valence-electron chi connectivity index (χ4n) is 2.54. The van der Waals surface area contributed by atoms with E-state index in [1.807, 2.05) is 6.92 Å². The third-order valence-electron chi connectivity index (χ3n) is 4.43. The summed E-state index contributed by atoms with van der Waals surface area (Å²) < 4.78 is 5.76. The van der Waals surface area contributed by atoms with Gasteiger partial charge >= 0.3 is 0 Å². The van der Waals surface area contributed by atoms with E-state index in [2.05, 4.69) is 46.7 Å². The van der Waals surface area contributed by atoms with Crippen LogP contribution in [-0.2, 0) is 16.8 Å². The first kappa shape index (κ1) is 20.3. The van der Waals surface area contributed by atoms with Crippen LogP contribution in [0.15, 0.2) is 15.6 Å². The van der Waals surface area contributed by atoms with Gasteiger partial charge in [0.15, 0.2) is 5.96 Å². The van der Waals surface area contributed by atoms with Crippen LogP contribution in [0.2, 0.25) is 0 Å². The van der Waals surface area contributed by atoms with Gasteiger partial charge in [-0.2, -0.15) is 0 Å². The van der Waals surface area contributed by atoms with E-state index in [1.165, 1.54) is 6.42 Å². The number of oxazole rings is 1.